The monoisotopic (exact) mass is 227 g/mol. The van der Waals surface area contributed by atoms with Crippen LogP contribution in [0.2, 0.25) is 0 Å². The minimum atomic E-state index is -0.723. The van der Waals surface area contributed by atoms with Crippen LogP contribution in [0, 0.1) is 0 Å². The Morgan fingerprint density at radius 3 is 2.29 bits per heavy atom. The molecule has 0 saturated carbocycles. The molecule has 0 saturated heterocycles. The third-order valence-electron chi connectivity index (χ3n) is 1.68. The molecule has 0 aliphatic rings. The minimum absolute atomic E-state index is 0. The molecule has 14 heavy (non-hydrogen) atoms. The summed E-state index contributed by atoms with van der Waals surface area (Å²) in [6.07, 6.45) is 0.373. The number of hydrogen-bond donors (Lipinski definition) is 2. The summed E-state index contributed by atoms with van der Waals surface area (Å²) in [5, 5.41) is 17.7. The summed E-state index contributed by atoms with van der Waals surface area (Å²) < 4.78 is 5.98. The van der Waals surface area contributed by atoms with Gasteiger partial charge in [0.2, 0.25) is 0 Å². The zero-order valence-corrected chi connectivity index (χ0v) is 10.00. The fraction of sp³-hybridized carbons (Fsp3) is 1.00. The second-order valence-electron chi connectivity index (χ2n) is 4.21. The van der Waals surface area contributed by atoms with E-state index in [-0.39, 0.29) is 19.0 Å². The van der Waals surface area contributed by atoms with Crippen LogP contribution in [0.15, 0.2) is 0 Å². The van der Waals surface area contributed by atoms with E-state index >= 15 is 0 Å². The first kappa shape index (κ1) is 16.6. The molecule has 4 nitrogen and oxygen atoms in total. The first-order valence-electron chi connectivity index (χ1n) is 4.66. The van der Waals surface area contributed by atoms with E-state index in [1.165, 1.54) is 0 Å². The second kappa shape index (κ2) is 8.44. The van der Waals surface area contributed by atoms with E-state index in [0.717, 1.165) is 11.0 Å². The van der Waals surface area contributed by atoms with Crippen LogP contribution in [0.5, 0.6) is 0 Å². The second-order valence-corrected chi connectivity index (χ2v) is 4.21. The van der Waals surface area contributed by atoms with Crippen molar-refractivity contribution >= 4 is 0 Å². The fourth-order valence-corrected chi connectivity index (χ4v) is 0.812. The van der Waals surface area contributed by atoms with Crippen molar-refractivity contribution in [3.63, 3.8) is 0 Å². The van der Waals surface area contributed by atoms with Gasteiger partial charge >= 0.3 is 0 Å². The van der Waals surface area contributed by atoms with Crippen molar-refractivity contribution in [1.82, 2.24) is 0 Å². The van der Waals surface area contributed by atoms with Gasteiger partial charge in [-0.05, 0) is 6.42 Å². The van der Waals surface area contributed by atoms with Gasteiger partial charge in [-0.15, -0.1) is 0 Å². The van der Waals surface area contributed by atoms with Gasteiger partial charge in [0, 0.05) is 13.0 Å². The molecule has 0 aliphatic carbocycles. The normalized spacial score (nSPS) is 13.5. The van der Waals surface area contributed by atoms with Crippen molar-refractivity contribution in [3.05, 3.63) is 0 Å². The van der Waals surface area contributed by atoms with Crippen molar-refractivity contribution in [2.24, 2.45) is 0 Å². The van der Waals surface area contributed by atoms with Crippen LogP contribution >= 0.6 is 0 Å². The molecule has 1 atom stereocenters. The van der Waals surface area contributed by atoms with Crippen LogP contribution in [0.3, 0.4) is 0 Å². The quantitative estimate of drug-likeness (QED) is 0.356. The minimum Gasteiger partial charge on any atom is -1.00 e. The Morgan fingerprint density at radius 1 is 1.29 bits per heavy atom. The zero-order valence-electron chi connectivity index (χ0n) is 9.24. The van der Waals surface area contributed by atoms with E-state index in [0.29, 0.717) is 19.4 Å². The summed E-state index contributed by atoms with van der Waals surface area (Å²) >= 11 is 0. The topological polar surface area (TPSA) is 49.7 Å². The Bertz CT molecular complexity index is 128. The molecule has 0 aromatic heterocycles. The van der Waals surface area contributed by atoms with Gasteiger partial charge in [-0.1, -0.05) is 0 Å². The lowest BCUT2D eigenvalue weighted by atomic mass is 10.3. The maximum atomic E-state index is 9.24. The van der Waals surface area contributed by atoms with Crippen molar-refractivity contribution < 1.29 is 31.8 Å². The van der Waals surface area contributed by atoms with Crippen LogP contribution < -0.4 is 12.4 Å². The number of hydrogen-bond acceptors (Lipinski definition) is 3. The van der Waals surface area contributed by atoms with Gasteiger partial charge in [-0.3, -0.25) is 0 Å². The summed E-state index contributed by atoms with van der Waals surface area (Å²) in [6, 6.07) is 0. The number of nitrogens with zero attached hydrogens (tertiary/aromatic N) is 1. The summed E-state index contributed by atoms with van der Waals surface area (Å²) in [6.45, 7) is 1.53. The van der Waals surface area contributed by atoms with Crippen LogP contribution in [0.1, 0.15) is 12.8 Å². The Morgan fingerprint density at radius 2 is 1.86 bits per heavy atom. The number of halogens is 1. The summed E-state index contributed by atoms with van der Waals surface area (Å²) in [5.74, 6) is 0. The smallest absolute Gasteiger partial charge is 0.154 e. The molecule has 88 valence electrons. The Labute approximate surface area is 92.5 Å². The molecule has 0 aliphatic heterocycles. The van der Waals surface area contributed by atoms with Gasteiger partial charge in [-0.25, -0.2) is 0 Å². The first-order valence-corrected chi connectivity index (χ1v) is 4.66. The van der Waals surface area contributed by atoms with E-state index in [4.69, 9.17) is 9.84 Å². The highest BCUT2D eigenvalue weighted by molar-refractivity contribution is 4.42. The highest BCUT2D eigenvalue weighted by Crippen LogP contribution is 1.99. The SMILES string of the molecule is C[N+](C)(C)CCOC(O)CCCO.[Cl-]. The molecule has 5 heteroatoms. The zero-order chi connectivity index (χ0) is 10.3. The molecule has 0 heterocycles. The lowest BCUT2D eigenvalue weighted by Gasteiger charge is -2.24. The van der Waals surface area contributed by atoms with Gasteiger partial charge in [0.1, 0.15) is 6.54 Å². The number of rotatable bonds is 7. The van der Waals surface area contributed by atoms with Crippen molar-refractivity contribution in [2.45, 2.75) is 19.1 Å². The maximum Gasteiger partial charge on any atom is 0.154 e. The number of quaternary nitrogens is 1. The van der Waals surface area contributed by atoms with Gasteiger partial charge in [0.05, 0.1) is 27.7 Å². The first-order chi connectivity index (χ1) is 5.95. The summed E-state index contributed by atoms with van der Waals surface area (Å²) in [7, 11) is 6.22. The molecule has 0 radical (unpaired) electrons. The lowest BCUT2D eigenvalue weighted by molar-refractivity contribution is -0.871. The maximum absolute atomic E-state index is 9.24. The third kappa shape index (κ3) is 12.1. The largest absolute Gasteiger partial charge is 1.00 e. The van der Waals surface area contributed by atoms with Crippen LogP contribution in [-0.2, 0) is 4.74 Å². The molecule has 0 bridgehead atoms. The van der Waals surface area contributed by atoms with Crippen molar-refractivity contribution in [1.29, 1.82) is 0 Å². The highest BCUT2D eigenvalue weighted by Gasteiger charge is 2.09. The molecule has 2 N–H and O–H groups in total. The predicted octanol–water partition coefficient (Wildman–Crippen LogP) is -3.20. The van der Waals surface area contributed by atoms with E-state index in [9.17, 15) is 5.11 Å². The van der Waals surface area contributed by atoms with Crippen molar-refractivity contribution in [2.75, 3.05) is 40.9 Å². The van der Waals surface area contributed by atoms with E-state index < -0.39 is 6.29 Å². The fourth-order valence-electron chi connectivity index (χ4n) is 0.812. The molecule has 0 fully saturated rings. The average molecular weight is 228 g/mol. The van der Waals surface area contributed by atoms with Crippen molar-refractivity contribution in [3.8, 4) is 0 Å². The van der Waals surface area contributed by atoms with Gasteiger partial charge in [0.25, 0.3) is 0 Å². The molecule has 0 aromatic carbocycles. The summed E-state index contributed by atoms with van der Waals surface area (Å²) in [4.78, 5) is 0. The van der Waals surface area contributed by atoms with E-state index in [1.54, 1.807) is 0 Å². The third-order valence-corrected chi connectivity index (χ3v) is 1.68. The Hall–Kier alpha value is 0.130. The number of likely N-dealkylation sites (N-methyl/N-ethyl adjacent to an activating group) is 1. The molecule has 0 spiro atoms. The summed E-state index contributed by atoms with van der Waals surface area (Å²) in [5.41, 5.74) is 0. The average Bonchev–Trinajstić information content (AvgIpc) is 1.98. The standard InChI is InChI=1S/C9H22NO3.ClH/c1-10(2,3)6-8-13-9(12)5-4-7-11;/h9,11-12H,4-8H2,1-3H3;1H/q+1;/p-1. The number of ether oxygens (including phenoxy) is 1. The predicted molar refractivity (Wildman–Crippen MR) is 51.2 cm³/mol. The van der Waals surface area contributed by atoms with E-state index in [2.05, 4.69) is 21.1 Å². The molecular formula is C9H22ClNO3. The molecular weight excluding hydrogens is 206 g/mol. The Kier molecular flexibility index (Phi) is 9.98. The van der Waals surface area contributed by atoms with Crippen LogP contribution in [-0.4, -0.2) is 61.9 Å². The molecule has 0 rings (SSSR count). The van der Waals surface area contributed by atoms with Crippen LogP contribution in [0.4, 0.5) is 0 Å². The van der Waals surface area contributed by atoms with Gasteiger partial charge in [-0.2, -0.15) is 0 Å². The highest BCUT2D eigenvalue weighted by atomic mass is 35.5. The number of aliphatic hydroxyl groups excluding tert-OH is 2. The van der Waals surface area contributed by atoms with E-state index in [1.807, 2.05) is 0 Å². The number of aliphatic hydroxyl groups is 2. The molecule has 1 unspecified atom stereocenters. The Balaban J connectivity index is 0. The lowest BCUT2D eigenvalue weighted by Crippen LogP contribution is -3.00. The van der Waals surface area contributed by atoms with Crippen LogP contribution in [0.25, 0.3) is 0 Å². The molecule has 0 aromatic rings. The van der Waals surface area contributed by atoms with Gasteiger partial charge < -0.3 is 31.8 Å². The van der Waals surface area contributed by atoms with Gasteiger partial charge in [0.15, 0.2) is 6.29 Å². The molecule has 0 amide bonds.